The summed E-state index contributed by atoms with van der Waals surface area (Å²) in [5, 5.41) is 0. The van der Waals surface area contributed by atoms with Gasteiger partial charge in [0.2, 0.25) is 10.0 Å². The van der Waals surface area contributed by atoms with Gasteiger partial charge < -0.3 is 4.74 Å². The summed E-state index contributed by atoms with van der Waals surface area (Å²) >= 11 is 5.87. The number of aryl methyl sites for hydroxylation is 2. The molecule has 0 aromatic heterocycles. The van der Waals surface area contributed by atoms with Gasteiger partial charge in [-0.25, -0.2) is 8.42 Å². The minimum absolute atomic E-state index is 0.231. The Kier molecular flexibility index (Phi) is 6.01. The fraction of sp³-hybridized carbons (Fsp3) is 0.571. The van der Waals surface area contributed by atoms with E-state index in [0.717, 1.165) is 16.7 Å². The second kappa shape index (κ2) is 6.89. The van der Waals surface area contributed by atoms with E-state index in [1.54, 1.807) is 27.1 Å². The topological polar surface area (TPSA) is 46.6 Å². The Morgan fingerprint density at radius 2 is 1.90 bits per heavy atom. The standard InChI is InChI=1S/C14H22ClNO3S/c1-10-6-11(2)14(7-13(10)8-15)20(17,18)16(4)12(3)9-19-5/h6-7,12H,8-9H2,1-5H3. The van der Waals surface area contributed by atoms with Gasteiger partial charge in [-0.05, 0) is 43.5 Å². The lowest BCUT2D eigenvalue weighted by Gasteiger charge is -2.25. The molecule has 1 rings (SSSR count). The van der Waals surface area contributed by atoms with Gasteiger partial charge in [0.05, 0.1) is 11.5 Å². The maximum absolute atomic E-state index is 12.7. The summed E-state index contributed by atoms with van der Waals surface area (Å²) in [6, 6.07) is 3.30. The highest BCUT2D eigenvalue weighted by molar-refractivity contribution is 7.89. The lowest BCUT2D eigenvalue weighted by Crippen LogP contribution is -2.38. The van der Waals surface area contributed by atoms with Crippen LogP contribution in [0.15, 0.2) is 17.0 Å². The van der Waals surface area contributed by atoms with Crippen molar-refractivity contribution in [3.63, 3.8) is 0 Å². The molecule has 0 saturated heterocycles. The molecule has 1 aromatic rings. The summed E-state index contributed by atoms with van der Waals surface area (Å²) < 4.78 is 31.7. The Morgan fingerprint density at radius 3 is 2.40 bits per heavy atom. The number of rotatable bonds is 6. The molecule has 1 aromatic carbocycles. The normalized spacial score (nSPS) is 13.8. The Balaban J connectivity index is 3.28. The van der Waals surface area contributed by atoms with Crippen LogP contribution < -0.4 is 0 Å². The van der Waals surface area contributed by atoms with Gasteiger partial charge >= 0.3 is 0 Å². The van der Waals surface area contributed by atoms with Crippen molar-refractivity contribution >= 4 is 21.6 Å². The Bertz CT molecular complexity index is 572. The van der Waals surface area contributed by atoms with Crippen molar-refractivity contribution in [1.29, 1.82) is 0 Å². The van der Waals surface area contributed by atoms with Gasteiger partial charge in [0, 0.05) is 26.1 Å². The molecule has 0 aliphatic rings. The van der Waals surface area contributed by atoms with Gasteiger partial charge in [-0.2, -0.15) is 4.31 Å². The van der Waals surface area contributed by atoms with Crippen LogP contribution in [0.4, 0.5) is 0 Å². The van der Waals surface area contributed by atoms with Crippen LogP contribution in [-0.4, -0.2) is 39.5 Å². The van der Waals surface area contributed by atoms with E-state index in [1.165, 1.54) is 4.31 Å². The molecule has 0 fully saturated rings. The number of benzene rings is 1. The number of hydrogen-bond acceptors (Lipinski definition) is 3. The smallest absolute Gasteiger partial charge is 0.243 e. The summed E-state index contributed by atoms with van der Waals surface area (Å²) in [6.07, 6.45) is 0. The average molecular weight is 320 g/mol. The van der Waals surface area contributed by atoms with Gasteiger partial charge in [-0.1, -0.05) is 6.07 Å². The van der Waals surface area contributed by atoms with Crippen molar-refractivity contribution in [2.24, 2.45) is 0 Å². The zero-order chi connectivity index (χ0) is 15.5. The fourth-order valence-corrected chi connectivity index (χ4v) is 3.92. The molecule has 0 saturated carbocycles. The highest BCUT2D eigenvalue weighted by atomic mass is 35.5. The number of likely N-dealkylation sites (N-methyl/N-ethyl adjacent to an activating group) is 1. The summed E-state index contributed by atoms with van der Waals surface area (Å²) in [6.45, 7) is 5.89. The first-order valence-corrected chi connectivity index (χ1v) is 8.36. The van der Waals surface area contributed by atoms with Crippen LogP contribution >= 0.6 is 11.6 Å². The highest BCUT2D eigenvalue weighted by Crippen LogP contribution is 2.25. The maximum atomic E-state index is 12.7. The third kappa shape index (κ3) is 3.52. The third-order valence-corrected chi connectivity index (χ3v) is 5.86. The second-order valence-electron chi connectivity index (χ2n) is 5.00. The van der Waals surface area contributed by atoms with Crippen LogP contribution in [0.5, 0.6) is 0 Å². The second-order valence-corrected chi connectivity index (χ2v) is 7.24. The zero-order valence-corrected chi connectivity index (χ0v) is 14.2. The summed E-state index contributed by atoms with van der Waals surface area (Å²) in [5.41, 5.74) is 2.57. The average Bonchev–Trinajstić information content (AvgIpc) is 2.37. The third-order valence-electron chi connectivity index (χ3n) is 3.46. The lowest BCUT2D eigenvalue weighted by molar-refractivity contribution is 0.149. The molecule has 0 heterocycles. The molecule has 1 atom stereocenters. The van der Waals surface area contributed by atoms with Gasteiger partial charge in [0.15, 0.2) is 0 Å². The first kappa shape index (κ1) is 17.4. The molecule has 114 valence electrons. The zero-order valence-electron chi connectivity index (χ0n) is 12.6. The van der Waals surface area contributed by atoms with E-state index >= 15 is 0 Å². The first-order valence-electron chi connectivity index (χ1n) is 6.38. The van der Waals surface area contributed by atoms with Crippen LogP contribution in [0.2, 0.25) is 0 Å². The van der Waals surface area contributed by atoms with Crippen molar-refractivity contribution < 1.29 is 13.2 Å². The monoisotopic (exact) mass is 319 g/mol. The molecular formula is C14H22ClNO3S. The fourth-order valence-electron chi connectivity index (χ4n) is 2.03. The van der Waals surface area contributed by atoms with Gasteiger partial charge in [0.25, 0.3) is 0 Å². The molecule has 0 radical (unpaired) electrons. The number of methoxy groups -OCH3 is 1. The summed E-state index contributed by atoms with van der Waals surface area (Å²) in [7, 11) is -0.422. The minimum atomic E-state index is -3.55. The van der Waals surface area contributed by atoms with Crippen molar-refractivity contribution in [1.82, 2.24) is 4.31 Å². The first-order chi connectivity index (χ1) is 9.25. The number of halogens is 1. The molecule has 20 heavy (non-hydrogen) atoms. The molecule has 1 unspecified atom stereocenters. The molecular weight excluding hydrogens is 298 g/mol. The van der Waals surface area contributed by atoms with Crippen LogP contribution in [0.1, 0.15) is 23.6 Å². The minimum Gasteiger partial charge on any atom is -0.383 e. The van der Waals surface area contributed by atoms with E-state index < -0.39 is 10.0 Å². The lowest BCUT2D eigenvalue weighted by atomic mass is 10.1. The number of alkyl halides is 1. The number of hydrogen-bond donors (Lipinski definition) is 0. The highest BCUT2D eigenvalue weighted by Gasteiger charge is 2.27. The molecule has 4 nitrogen and oxygen atoms in total. The van der Waals surface area contributed by atoms with E-state index in [0.29, 0.717) is 17.4 Å². The molecule has 0 aliphatic carbocycles. The Morgan fingerprint density at radius 1 is 1.30 bits per heavy atom. The van der Waals surface area contributed by atoms with E-state index in [-0.39, 0.29) is 6.04 Å². The van der Waals surface area contributed by atoms with Crippen molar-refractivity contribution in [3.8, 4) is 0 Å². The summed E-state index contributed by atoms with van der Waals surface area (Å²) in [5.74, 6) is 0.298. The maximum Gasteiger partial charge on any atom is 0.243 e. The predicted octanol–water partition coefficient (Wildman–Crippen LogP) is 2.70. The van der Waals surface area contributed by atoms with Crippen LogP contribution in [0, 0.1) is 13.8 Å². The molecule has 6 heteroatoms. The molecule has 0 N–H and O–H groups in total. The van der Waals surface area contributed by atoms with E-state index in [4.69, 9.17) is 16.3 Å². The SMILES string of the molecule is COCC(C)N(C)S(=O)(=O)c1cc(CCl)c(C)cc1C. The largest absolute Gasteiger partial charge is 0.383 e. The van der Waals surface area contributed by atoms with E-state index in [9.17, 15) is 8.42 Å². The number of sulfonamides is 1. The van der Waals surface area contributed by atoms with Gasteiger partial charge in [0.1, 0.15) is 0 Å². The van der Waals surface area contributed by atoms with Gasteiger partial charge in [-0.15, -0.1) is 11.6 Å². The van der Waals surface area contributed by atoms with Crippen molar-refractivity contribution in [2.75, 3.05) is 20.8 Å². The predicted molar refractivity (Wildman–Crippen MR) is 81.8 cm³/mol. The van der Waals surface area contributed by atoms with Gasteiger partial charge in [-0.3, -0.25) is 0 Å². The Labute approximate surface area is 126 Å². The number of ether oxygens (including phenoxy) is 1. The molecule has 0 spiro atoms. The summed E-state index contributed by atoms with van der Waals surface area (Å²) in [4.78, 5) is 0.309. The van der Waals surface area contributed by atoms with Crippen molar-refractivity contribution in [2.45, 2.75) is 37.6 Å². The van der Waals surface area contributed by atoms with Crippen LogP contribution in [0.3, 0.4) is 0 Å². The quantitative estimate of drug-likeness (QED) is 0.757. The van der Waals surface area contributed by atoms with Crippen molar-refractivity contribution in [3.05, 3.63) is 28.8 Å². The Hall–Kier alpha value is -0.620. The van der Waals surface area contributed by atoms with E-state index in [2.05, 4.69) is 0 Å². The molecule has 0 amide bonds. The van der Waals surface area contributed by atoms with E-state index in [1.807, 2.05) is 19.9 Å². The molecule has 0 aliphatic heterocycles. The molecule has 0 bridgehead atoms. The number of nitrogens with zero attached hydrogens (tertiary/aromatic N) is 1. The van der Waals surface area contributed by atoms with Crippen LogP contribution in [0.25, 0.3) is 0 Å². The van der Waals surface area contributed by atoms with Crippen LogP contribution in [-0.2, 0) is 20.6 Å².